The van der Waals surface area contributed by atoms with Crippen LogP contribution in [0, 0.1) is 0 Å². The molecule has 27 heavy (non-hydrogen) atoms. The summed E-state index contributed by atoms with van der Waals surface area (Å²) in [5.74, 6) is 1.34. The van der Waals surface area contributed by atoms with E-state index in [4.69, 9.17) is 14.2 Å². The van der Waals surface area contributed by atoms with Gasteiger partial charge in [-0.05, 0) is 43.3 Å². The maximum absolute atomic E-state index is 12.3. The standard InChI is InChI=1S/C20H21BrN2O4/c1-4-10-27-17-9-7-16(21)11-15(17)13-22-23-20(24)14-6-8-18(25-3)19(12-14)26-5-2/h4,6-9,11-13H,1,5,10H2,2-3H3,(H,23,24). The van der Waals surface area contributed by atoms with Crippen molar-refractivity contribution in [3.8, 4) is 17.2 Å². The van der Waals surface area contributed by atoms with Crippen LogP contribution in [0.5, 0.6) is 17.2 Å². The Labute approximate surface area is 167 Å². The Morgan fingerprint density at radius 2 is 1.96 bits per heavy atom. The topological polar surface area (TPSA) is 69.2 Å². The van der Waals surface area contributed by atoms with Gasteiger partial charge in [-0.25, -0.2) is 5.43 Å². The third kappa shape index (κ3) is 5.86. The number of carbonyl (C=O) groups is 1. The van der Waals surface area contributed by atoms with Crippen molar-refractivity contribution in [3.05, 3.63) is 64.7 Å². The summed E-state index contributed by atoms with van der Waals surface area (Å²) in [5, 5.41) is 4.02. The number of methoxy groups -OCH3 is 1. The molecule has 0 unspecified atom stereocenters. The van der Waals surface area contributed by atoms with Crippen molar-refractivity contribution in [1.29, 1.82) is 0 Å². The fourth-order valence-electron chi connectivity index (χ4n) is 2.21. The number of hydrogen-bond acceptors (Lipinski definition) is 5. The first-order chi connectivity index (χ1) is 13.1. The number of rotatable bonds is 9. The first kappa shape index (κ1) is 20.5. The van der Waals surface area contributed by atoms with Gasteiger partial charge >= 0.3 is 0 Å². The fourth-order valence-corrected chi connectivity index (χ4v) is 2.59. The van der Waals surface area contributed by atoms with Gasteiger partial charge in [0.25, 0.3) is 5.91 Å². The van der Waals surface area contributed by atoms with Crippen LogP contribution < -0.4 is 19.6 Å². The summed E-state index contributed by atoms with van der Waals surface area (Å²) in [6.07, 6.45) is 3.18. The second-order valence-corrected chi connectivity index (χ2v) is 6.20. The summed E-state index contributed by atoms with van der Waals surface area (Å²) < 4.78 is 17.2. The first-order valence-corrected chi connectivity index (χ1v) is 9.05. The van der Waals surface area contributed by atoms with Crippen LogP contribution >= 0.6 is 15.9 Å². The summed E-state index contributed by atoms with van der Waals surface area (Å²) in [7, 11) is 1.55. The third-order valence-electron chi connectivity index (χ3n) is 3.42. The minimum absolute atomic E-state index is 0.363. The highest BCUT2D eigenvalue weighted by molar-refractivity contribution is 9.10. The summed E-state index contributed by atoms with van der Waals surface area (Å²) in [6.45, 7) is 6.34. The van der Waals surface area contributed by atoms with Crippen molar-refractivity contribution in [1.82, 2.24) is 5.43 Å². The number of nitrogens with one attached hydrogen (secondary N) is 1. The Balaban J connectivity index is 2.12. The van der Waals surface area contributed by atoms with Crippen LogP contribution in [0.3, 0.4) is 0 Å². The molecule has 0 aliphatic rings. The number of benzene rings is 2. The largest absolute Gasteiger partial charge is 0.493 e. The van der Waals surface area contributed by atoms with E-state index in [2.05, 4.69) is 33.0 Å². The fraction of sp³-hybridized carbons (Fsp3) is 0.200. The quantitative estimate of drug-likeness (QED) is 0.366. The Morgan fingerprint density at radius 3 is 2.67 bits per heavy atom. The molecule has 0 heterocycles. The molecule has 6 nitrogen and oxygen atoms in total. The number of hydrazone groups is 1. The molecule has 2 rings (SSSR count). The van der Waals surface area contributed by atoms with E-state index < -0.39 is 0 Å². The van der Waals surface area contributed by atoms with Gasteiger partial charge in [0.05, 0.1) is 19.9 Å². The average molecular weight is 433 g/mol. The SMILES string of the molecule is C=CCOc1ccc(Br)cc1C=NNC(=O)c1ccc(OC)c(OCC)c1. The number of hydrogen-bond donors (Lipinski definition) is 1. The van der Waals surface area contributed by atoms with Crippen molar-refractivity contribution in [2.45, 2.75) is 6.92 Å². The zero-order chi connectivity index (χ0) is 19.6. The van der Waals surface area contributed by atoms with Gasteiger partial charge in [-0.3, -0.25) is 4.79 Å². The minimum Gasteiger partial charge on any atom is -0.493 e. The number of amides is 1. The van der Waals surface area contributed by atoms with E-state index in [9.17, 15) is 4.79 Å². The smallest absolute Gasteiger partial charge is 0.271 e. The lowest BCUT2D eigenvalue weighted by molar-refractivity contribution is 0.0954. The zero-order valence-electron chi connectivity index (χ0n) is 15.2. The molecule has 0 radical (unpaired) electrons. The molecular formula is C20H21BrN2O4. The van der Waals surface area contributed by atoms with Crippen LogP contribution in [-0.4, -0.2) is 32.4 Å². The molecule has 0 aliphatic carbocycles. The molecule has 0 aliphatic heterocycles. The van der Waals surface area contributed by atoms with Crippen LogP contribution in [-0.2, 0) is 0 Å². The third-order valence-corrected chi connectivity index (χ3v) is 3.92. The first-order valence-electron chi connectivity index (χ1n) is 8.26. The Hall–Kier alpha value is -2.80. The Kier molecular flexibility index (Phi) is 7.88. The van der Waals surface area contributed by atoms with Crippen LogP contribution in [0.25, 0.3) is 0 Å². The predicted molar refractivity (Wildman–Crippen MR) is 109 cm³/mol. The molecule has 7 heteroatoms. The highest BCUT2D eigenvalue weighted by Crippen LogP contribution is 2.28. The average Bonchev–Trinajstić information content (AvgIpc) is 2.67. The van der Waals surface area contributed by atoms with Crippen LogP contribution in [0.4, 0.5) is 0 Å². The second kappa shape index (κ2) is 10.4. The lowest BCUT2D eigenvalue weighted by Gasteiger charge is -2.10. The van der Waals surface area contributed by atoms with Gasteiger partial charge in [-0.2, -0.15) is 5.10 Å². The summed E-state index contributed by atoms with van der Waals surface area (Å²) >= 11 is 3.41. The monoisotopic (exact) mass is 432 g/mol. The second-order valence-electron chi connectivity index (χ2n) is 5.28. The van der Waals surface area contributed by atoms with Crippen molar-refractivity contribution in [2.75, 3.05) is 20.3 Å². The molecule has 1 N–H and O–H groups in total. The van der Waals surface area contributed by atoms with Crippen molar-refractivity contribution >= 4 is 28.1 Å². The Morgan fingerprint density at radius 1 is 1.19 bits per heavy atom. The number of ether oxygens (including phenoxy) is 3. The van der Waals surface area contributed by atoms with Gasteiger partial charge in [-0.1, -0.05) is 28.6 Å². The number of halogens is 1. The van der Waals surface area contributed by atoms with E-state index in [0.717, 1.165) is 10.0 Å². The maximum atomic E-state index is 12.3. The normalized spacial score (nSPS) is 10.5. The molecule has 0 aromatic heterocycles. The minimum atomic E-state index is -0.363. The van der Waals surface area contributed by atoms with Crippen molar-refractivity contribution in [3.63, 3.8) is 0 Å². The van der Waals surface area contributed by atoms with E-state index in [-0.39, 0.29) is 5.91 Å². The van der Waals surface area contributed by atoms with E-state index in [1.807, 2.05) is 25.1 Å². The predicted octanol–water partition coefficient (Wildman–Crippen LogP) is 4.19. The van der Waals surface area contributed by atoms with Crippen molar-refractivity contribution < 1.29 is 19.0 Å². The summed E-state index contributed by atoms with van der Waals surface area (Å²) in [5.41, 5.74) is 3.63. The summed E-state index contributed by atoms with van der Waals surface area (Å²) in [6, 6.07) is 10.5. The van der Waals surface area contributed by atoms with Gasteiger partial charge < -0.3 is 14.2 Å². The maximum Gasteiger partial charge on any atom is 0.271 e. The Bertz CT molecular complexity index is 837. The summed E-state index contributed by atoms with van der Waals surface area (Å²) in [4.78, 5) is 12.3. The molecule has 0 saturated heterocycles. The molecular weight excluding hydrogens is 412 g/mol. The molecule has 0 fully saturated rings. The van der Waals surface area contributed by atoms with E-state index >= 15 is 0 Å². The molecule has 0 saturated carbocycles. The molecule has 142 valence electrons. The van der Waals surface area contributed by atoms with Gasteiger partial charge in [0, 0.05) is 15.6 Å². The van der Waals surface area contributed by atoms with Gasteiger partial charge in [0.1, 0.15) is 12.4 Å². The van der Waals surface area contributed by atoms with E-state index in [1.165, 1.54) is 6.21 Å². The van der Waals surface area contributed by atoms with Gasteiger partial charge in [-0.15, -0.1) is 0 Å². The van der Waals surface area contributed by atoms with Gasteiger partial charge in [0.2, 0.25) is 0 Å². The molecule has 2 aromatic carbocycles. The molecule has 0 atom stereocenters. The van der Waals surface area contributed by atoms with Crippen LogP contribution in [0.15, 0.2) is 58.6 Å². The van der Waals surface area contributed by atoms with Crippen LogP contribution in [0.1, 0.15) is 22.8 Å². The van der Waals surface area contributed by atoms with Gasteiger partial charge in [0.15, 0.2) is 11.5 Å². The zero-order valence-corrected chi connectivity index (χ0v) is 16.8. The highest BCUT2D eigenvalue weighted by atomic mass is 79.9. The highest BCUT2D eigenvalue weighted by Gasteiger charge is 2.10. The molecule has 0 spiro atoms. The van der Waals surface area contributed by atoms with Crippen LogP contribution in [0.2, 0.25) is 0 Å². The number of nitrogens with zero attached hydrogens (tertiary/aromatic N) is 1. The lowest BCUT2D eigenvalue weighted by atomic mass is 10.2. The van der Waals surface area contributed by atoms with Crippen molar-refractivity contribution in [2.24, 2.45) is 5.10 Å². The molecule has 0 bridgehead atoms. The van der Waals surface area contributed by atoms with E-state index in [1.54, 1.807) is 31.4 Å². The number of carbonyl (C=O) groups excluding carboxylic acids is 1. The lowest BCUT2D eigenvalue weighted by Crippen LogP contribution is -2.17. The van der Waals surface area contributed by atoms with E-state index in [0.29, 0.717) is 36.0 Å². The molecule has 1 amide bonds. The molecule has 2 aromatic rings.